The van der Waals surface area contributed by atoms with Crippen LogP contribution >= 0.6 is 15.9 Å². The van der Waals surface area contributed by atoms with Gasteiger partial charge < -0.3 is 10.6 Å². The van der Waals surface area contributed by atoms with E-state index in [-0.39, 0.29) is 11.9 Å². The molecule has 1 amide bonds. The van der Waals surface area contributed by atoms with Crippen molar-refractivity contribution in [2.24, 2.45) is 0 Å². The zero-order valence-corrected chi connectivity index (χ0v) is 12.8. The Kier molecular flexibility index (Phi) is 6.19. The van der Waals surface area contributed by atoms with Crippen LogP contribution in [0.25, 0.3) is 0 Å². The standard InChI is InChI=1S/C14H21BrN2O/c1-4-11-9-12(15)5-6-13(11)16-8-7-14(18)17-10(2)3/h5-6,9-10,16H,4,7-8H2,1-3H3,(H,17,18). The Morgan fingerprint density at radius 3 is 2.72 bits per heavy atom. The van der Waals surface area contributed by atoms with Crippen LogP contribution < -0.4 is 10.6 Å². The SMILES string of the molecule is CCc1cc(Br)ccc1NCCC(=O)NC(C)C. The molecule has 0 aliphatic carbocycles. The van der Waals surface area contributed by atoms with Crippen molar-refractivity contribution >= 4 is 27.5 Å². The molecule has 0 atom stereocenters. The molecule has 100 valence electrons. The van der Waals surface area contributed by atoms with Gasteiger partial charge in [0.25, 0.3) is 0 Å². The number of benzene rings is 1. The van der Waals surface area contributed by atoms with Crippen LogP contribution in [0.5, 0.6) is 0 Å². The monoisotopic (exact) mass is 312 g/mol. The van der Waals surface area contributed by atoms with Crippen LogP contribution in [0.4, 0.5) is 5.69 Å². The summed E-state index contributed by atoms with van der Waals surface area (Å²) in [6, 6.07) is 6.37. The number of rotatable bonds is 6. The molecule has 1 aromatic carbocycles. The van der Waals surface area contributed by atoms with E-state index in [1.165, 1.54) is 5.56 Å². The van der Waals surface area contributed by atoms with Crippen molar-refractivity contribution < 1.29 is 4.79 Å². The Labute approximate surface area is 117 Å². The van der Waals surface area contributed by atoms with E-state index in [0.29, 0.717) is 13.0 Å². The number of nitrogens with one attached hydrogen (secondary N) is 2. The smallest absolute Gasteiger partial charge is 0.221 e. The number of hydrogen-bond donors (Lipinski definition) is 2. The second-order valence-corrected chi connectivity index (χ2v) is 5.47. The van der Waals surface area contributed by atoms with Gasteiger partial charge in [-0.15, -0.1) is 0 Å². The molecule has 0 spiro atoms. The van der Waals surface area contributed by atoms with Crippen LogP contribution in [0.1, 0.15) is 32.8 Å². The van der Waals surface area contributed by atoms with Gasteiger partial charge in [-0.3, -0.25) is 4.79 Å². The van der Waals surface area contributed by atoms with E-state index < -0.39 is 0 Å². The third kappa shape index (κ3) is 5.08. The van der Waals surface area contributed by atoms with Crippen LogP contribution in [0.3, 0.4) is 0 Å². The van der Waals surface area contributed by atoms with Gasteiger partial charge in [0.15, 0.2) is 0 Å². The number of anilines is 1. The summed E-state index contributed by atoms with van der Waals surface area (Å²) in [6.07, 6.45) is 1.47. The van der Waals surface area contributed by atoms with E-state index in [0.717, 1.165) is 16.6 Å². The molecular weight excluding hydrogens is 292 g/mol. The number of carbonyl (C=O) groups excluding carboxylic acids is 1. The van der Waals surface area contributed by atoms with Crippen molar-refractivity contribution in [3.8, 4) is 0 Å². The lowest BCUT2D eigenvalue weighted by molar-refractivity contribution is -0.121. The third-order valence-electron chi connectivity index (χ3n) is 2.57. The minimum atomic E-state index is 0.0904. The highest BCUT2D eigenvalue weighted by Crippen LogP contribution is 2.21. The van der Waals surface area contributed by atoms with Gasteiger partial charge in [0, 0.05) is 29.2 Å². The fourth-order valence-electron chi connectivity index (χ4n) is 1.73. The van der Waals surface area contributed by atoms with Crippen molar-refractivity contribution in [2.75, 3.05) is 11.9 Å². The first kappa shape index (κ1) is 15.0. The minimum Gasteiger partial charge on any atom is -0.384 e. The molecule has 0 unspecified atom stereocenters. The van der Waals surface area contributed by atoms with Crippen LogP contribution in [-0.4, -0.2) is 18.5 Å². The van der Waals surface area contributed by atoms with E-state index in [2.05, 4.69) is 39.6 Å². The van der Waals surface area contributed by atoms with Gasteiger partial charge in [0.1, 0.15) is 0 Å². The average molecular weight is 313 g/mol. The lowest BCUT2D eigenvalue weighted by atomic mass is 10.1. The molecule has 0 radical (unpaired) electrons. The Hall–Kier alpha value is -1.03. The van der Waals surface area contributed by atoms with Crippen molar-refractivity contribution in [1.82, 2.24) is 5.32 Å². The van der Waals surface area contributed by atoms with Crippen LogP contribution in [0.15, 0.2) is 22.7 Å². The predicted molar refractivity (Wildman–Crippen MR) is 79.9 cm³/mol. The molecule has 0 heterocycles. The van der Waals surface area contributed by atoms with Crippen molar-refractivity contribution in [1.29, 1.82) is 0 Å². The maximum atomic E-state index is 11.5. The van der Waals surface area contributed by atoms with Crippen LogP contribution in [0.2, 0.25) is 0 Å². The molecule has 0 bridgehead atoms. The first-order valence-corrected chi connectivity index (χ1v) is 7.14. The second kappa shape index (κ2) is 7.41. The van der Waals surface area contributed by atoms with Gasteiger partial charge in [-0.05, 0) is 44.0 Å². The van der Waals surface area contributed by atoms with Crippen LogP contribution in [0, 0.1) is 0 Å². The first-order chi connectivity index (χ1) is 8.52. The highest BCUT2D eigenvalue weighted by Gasteiger charge is 2.04. The first-order valence-electron chi connectivity index (χ1n) is 6.34. The Bertz CT molecular complexity index is 405. The highest BCUT2D eigenvalue weighted by molar-refractivity contribution is 9.10. The summed E-state index contributed by atoms with van der Waals surface area (Å²) in [6.45, 7) is 6.72. The molecule has 4 heteroatoms. The summed E-state index contributed by atoms with van der Waals surface area (Å²) in [5.74, 6) is 0.0904. The Morgan fingerprint density at radius 2 is 2.11 bits per heavy atom. The Morgan fingerprint density at radius 1 is 1.39 bits per heavy atom. The molecule has 0 saturated heterocycles. The summed E-state index contributed by atoms with van der Waals surface area (Å²) in [7, 11) is 0. The largest absolute Gasteiger partial charge is 0.384 e. The van der Waals surface area contributed by atoms with Crippen molar-refractivity contribution in [3.63, 3.8) is 0 Å². The van der Waals surface area contributed by atoms with Gasteiger partial charge in [-0.2, -0.15) is 0 Å². The number of halogens is 1. The summed E-state index contributed by atoms with van der Waals surface area (Å²) in [5, 5.41) is 6.19. The normalized spacial score (nSPS) is 10.5. The second-order valence-electron chi connectivity index (χ2n) is 4.55. The topological polar surface area (TPSA) is 41.1 Å². The van der Waals surface area contributed by atoms with E-state index in [1.807, 2.05) is 26.0 Å². The van der Waals surface area contributed by atoms with Gasteiger partial charge in [-0.25, -0.2) is 0 Å². The number of amides is 1. The third-order valence-corrected chi connectivity index (χ3v) is 3.06. The molecule has 0 aromatic heterocycles. The minimum absolute atomic E-state index is 0.0904. The molecule has 0 aliphatic heterocycles. The average Bonchev–Trinajstić information content (AvgIpc) is 2.30. The molecule has 0 fully saturated rings. The quantitative estimate of drug-likeness (QED) is 0.846. The van der Waals surface area contributed by atoms with E-state index in [9.17, 15) is 4.79 Å². The van der Waals surface area contributed by atoms with Crippen molar-refractivity contribution in [2.45, 2.75) is 39.7 Å². The van der Waals surface area contributed by atoms with Gasteiger partial charge in [0.2, 0.25) is 5.91 Å². The zero-order valence-electron chi connectivity index (χ0n) is 11.2. The fourth-order valence-corrected chi connectivity index (χ4v) is 2.14. The number of aryl methyl sites for hydroxylation is 1. The molecular formula is C14H21BrN2O. The van der Waals surface area contributed by atoms with E-state index in [4.69, 9.17) is 0 Å². The zero-order chi connectivity index (χ0) is 13.5. The number of carbonyl (C=O) groups is 1. The molecule has 0 aliphatic rings. The van der Waals surface area contributed by atoms with Gasteiger partial charge in [-0.1, -0.05) is 22.9 Å². The van der Waals surface area contributed by atoms with Gasteiger partial charge >= 0.3 is 0 Å². The summed E-state index contributed by atoms with van der Waals surface area (Å²) < 4.78 is 1.09. The van der Waals surface area contributed by atoms with Gasteiger partial charge in [0.05, 0.1) is 0 Å². The number of hydrogen-bond acceptors (Lipinski definition) is 2. The molecule has 18 heavy (non-hydrogen) atoms. The summed E-state index contributed by atoms with van der Waals surface area (Å²) in [5.41, 5.74) is 2.37. The molecule has 3 nitrogen and oxygen atoms in total. The Balaban J connectivity index is 2.46. The maximum absolute atomic E-state index is 11.5. The molecule has 1 aromatic rings. The predicted octanol–water partition coefficient (Wildman–Crippen LogP) is 3.34. The molecule has 1 rings (SSSR count). The maximum Gasteiger partial charge on any atom is 0.221 e. The lowest BCUT2D eigenvalue weighted by Gasteiger charge is -2.12. The lowest BCUT2D eigenvalue weighted by Crippen LogP contribution is -2.31. The van der Waals surface area contributed by atoms with E-state index in [1.54, 1.807) is 0 Å². The van der Waals surface area contributed by atoms with Crippen molar-refractivity contribution in [3.05, 3.63) is 28.2 Å². The molecule has 2 N–H and O–H groups in total. The van der Waals surface area contributed by atoms with E-state index >= 15 is 0 Å². The summed E-state index contributed by atoms with van der Waals surface area (Å²) >= 11 is 3.46. The summed E-state index contributed by atoms with van der Waals surface area (Å²) in [4.78, 5) is 11.5. The fraction of sp³-hybridized carbons (Fsp3) is 0.500. The molecule has 0 saturated carbocycles. The highest BCUT2D eigenvalue weighted by atomic mass is 79.9. The van der Waals surface area contributed by atoms with Crippen LogP contribution in [-0.2, 0) is 11.2 Å².